The molecule has 0 aromatic heterocycles. The van der Waals surface area contributed by atoms with Gasteiger partial charge in [0.2, 0.25) is 0 Å². The highest BCUT2D eigenvalue weighted by molar-refractivity contribution is 5.95. The number of aliphatic hydroxyl groups is 2. The van der Waals surface area contributed by atoms with Crippen LogP contribution in [-0.2, 0) is 0 Å². The molecule has 0 bridgehead atoms. The lowest BCUT2D eigenvalue weighted by Crippen LogP contribution is -2.35. The molecule has 0 heterocycles. The molecule has 0 aliphatic carbocycles. The van der Waals surface area contributed by atoms with Crippen LogP contribution in [0.15, 0.2) is 12.1 Å². The summed E-state index contributed by atoms with van der Waals surface area (Å²) in [6.45, 7) is 1.85. The first-order valence-corrected chi connectivity index (χ1v) is 6.32. The summed E-state index contributed by atoms with van der Waals surface area (Å²) < 4.78 is 10.5. The Morgan fingerprint density at radius 1 is 1.10 bits per heavy atom. The number of nitrogens with zero attached hydrogens (tertiary/aromatic N) is 1. The van der Waals surface area contributed by atoms with Crippen molar-refractivity contribution >= 4 is 5.91 Å². The molecule has 0 fully saturated rings. The van der Waals surface area contributed by atoms with E-state index in [1.165, 1.54) is 19.1 Å². The van der Waals surface area contributed by atoms with Gasteiger partial charge in [0.05, 0.1) is 27.4 Å². The zero-order chi connectivity index (χ0) is 15.1. The van der Waals surface area contributed by atoms with Crippen molar-refractivity contribution in [3.05, 3.63) is 23.3 Å². The van der Waals surface area contributed by atoms with E-state index in [4.69, 9.17) is 19.7 Å². The second-order valence-corrected chi connectivity index (χ2v) is 4.25. The van der Waals surface area contributed by atoms with Crippen molar-refractivity contribution in [2.24, 2.45) is 0 Å². The Morgan fingerprint density at radius 2 is 1.55 bits per heavy atom. The molecule has 1 rings (SSSR count). The van der Waals surface area contributed by atoms with Crippen LogP contribution >= 0.6 is 0 Å². The van der Waals surface area contributed by atoms with Crippen LogP contribution in [0.5, 0.6) is 11.5 Å². The molecule has 0 unspecified atom stereocenters. The van der Waals surface area contributed by atoms with E-state index in [1.807, 2.05) is 6.92 Å². The summed E-state index contributed by atoms with van der Waals surface area (Å²) in [5.41, 5.74) is 1.20. The van der Waals surface area contributed by atoms with E-state index in [0.29, 0.717) is 17.1 Å². The van der Waals surface area contributed by atoms with Gasteiger partial charge in [0.25, 0.3) is 5.91 Å². The largest absolute Gasteiger partial charge is 0.496 e. The molecule has 0 saturated carbocycles. The van der Waals surface area contributed by atoms with Crippen LogP contribution < -0.4 is 9.47 Å². The first-order chi connectivity index (χ1) is 9.58. The molecule has 0 aliphatic heterocycles. The smallest absolute Gasteiger partial charge is 0.254 e. The number of hydrogen-bond donors (Lipinski definition) is 2. The van der Waals surface area contributed by atoms with Gasteiger partial charge >= 0.3 is 0 Å². The second kappa shape index (κ2) is 7.72. The van der Waals surface area contributed by atoms with E-state index in [1.54, 1.807) is 12.1 Å². The molecule has 0 radical (unpaired) electrons. The van der Waals surface area contributed by atoms with Gasteiger partial charge in [-0.15, -0.1) is 0 Å². The highest BCUT2D eigenvalue weighted by Crippen LogP contribution is 2.29. The molecule has 0 aliphatic rings. The fraction of sp³-hybridized carbons (Fsp3) is 0.500. The maximum Gasteiger partial charge on any atom is 0.254 e. The molecule has 112 valence electrons. The van der Waals surface area contributed by atoms with Gasteiger partial charge in [0.1, 0.15) is 11.5 Å². The first-order valence-electron chi connectivity index (χ1n) is 6.32. The maximum atomic E-state index is 12.4. The van der Waals surface area contributed by atoms with Crippen LogP contribution in [0.2, 0.25) is 0 Å². The summed E-state index contributed by atoms with van der Waals surface area (Å²) in [6.07, 6.45) is 0. The Kier molecular flexibility index (Phi) is 6.27. The highest BCUT2D eigenvalue weighted by atomic mass is 16.5. The first kappa shape index (κ1) is 16.3. The molecule has 0 spiro atoms. The lowest BCUT2D eigenvalue weighted by molar-refractivity contribution is 0.0684. The van der Waals surface area contributed by atoms with Gasteiger partial charge in [0, 0.05) is 24.2 Å². The predicted molar refractivity (Wildman–Crippen MR) is 74.4 cm³/mol. The van der Waals surface area contributed by atoms with Gasteiger partial charge in [-0.1, -0.05) is 0 Å². The monoisotopic (exact) mass is 283 g/mol. The van der Waals surface area contributed by atoms with Crippen LogP contribution in [0.25, 0.3) is 0 Å². The number of methoxy groups -OCH3 is 2. The molecule has 1 aromatic rings. The van der Waals surface area contributed by atoms with Crippen LogP contribution in [0, 0.1) is 6.92 Å². The second-order valence-electron chi connectivity index (χ2n) is 4.25. The minimum absolute atomic E-state index is 0.161. The summed E-state index contributed by atoms with van der Waals surface area (Å²) in [7, 11) is 3.05. The zero-order valence-electron chi connectivity index (χ0n) is 12.0. The van der Waals surface area contributed by atoms with Crippen molar-refractivity contribution in [3.8, 4) is 11.5 Å². The topological polar surface area (TPSA) is 79.2 Å². The van der Waals surface area contributed by atoms with E-state index in [9.17, 15) is 4.79 Å². The molecule has 1 amide bonds. The third-order valence-corrected chi connectivity index (χ3v) is 3.03. The van der Waals surface area contributed by atoms with Crippen LogP contribution in [-0.4, -0.2) is 61.5 Å². The predicted octanol–water partition coefficient (Wildman–Crippen LogP) is 0.439. The van der Waals surface area contributed by atoms with Gasteiger partial charge in [-0.2, -0.15) is 0 Å². The number of benzene rings is 1. The summed E-state index contributed by atoms with van der Waals surface area (Å²) in [5.74, 6) is 0.825. The quantitative estimate of drug-likeness (QED) is 0.759. The molecule has 0 atom stereocenters. The Morgan fingerprint density at radius 3 is 1.90 bits per heavy atom. The van der Waals surface area contributed by atoms with Crippen molar-refractivity contribution in [3.63, 3.8) is 0 Å². The highest BCUT2D eigenvalue weighted by Gasteiger charge is 2.18. The minimum atomic E-state index is -0.287. The third-order valence-electron chi connectivity index (χ3n) is 3.03. The summed E-state index contributed by atoms with van der Waals surface area (Å²) >= 11 is 0. The average Bonchev–Trinajstić information content (AvgIpc) is 2.46. The maximum absolute atomic E-state index is 12.4. The van der Waals surface area contributed by atoms with Crippen molar-refractivity contribution in [1.82, 2.24) is 4.90 Å². The van der Waals surface area contributed by atoms with E-state index < -0.39 is 0 Å². The number of rotatable bonds is 7. The molecule has 6 nitrogen and oxygen atoms in total. The third kappa shape index (κ3) is 3.61. The van der Waals surface area contributed by atoms with E-state index in [2.05, 4.69) is 0 Å². The summed E-state index contributed by atoms with van der Waals surface area (Å²) in [6, 6.07) is 3.25. The SMILES string of the molecule is COc1cc(C(=O)N(CCO)CCO)cc(OC)c1C. The average molecular weight is 283 g/mol. The van der Waals surface area contributed by atoms with Crippen molar-refractivity contribution in [2.45, 2.75) is 6.92 Å². The Labute approximate surface area is 118 Å². The zero-order valence-corrected chi connectivity index (χ0v) is 12.0. The molecule has 6 heteroatoms. The lowest BCUT2D eigenvalue weighted by Gasteiger charge is -2.21. The molecule has 0 saturated heterocycles. The van der Waals surface area contributed by atoms with Gasteiger partial charge in [-0.05, 0) is 19.1 Å². The number of carbonyl (C=O) groups excluding carboxylic acids is 1. The number of aliphatic hydroxyl groups excluding tert-OH is 2. The van der Waals surface area contributed by atoms with Gasteiger partial charge < -0.3 is 24.6 Å². The number of hydrogen-bond acceptors (Lipinski definition) is 5. The molecular formula is C14H21NO5. The fourth-order valence-corrected chi connectivity index (χ4v) is 1.95. The number of carbonyl (C=O) groups is 1. The van der Waals surface area contributed by atoms with Gasteiger partial charge in [-0.25, -0.2) is 0 Å². The molecule has 20 heavy (non-hydrogen) atoms. The lowest BCUT2D eigenvalue weighted by atomic mass is 10.1. The molecule has 2 N–H and O–H groups in total. The Balaban J connectivity index is 3.13. The fourth-order valence-electron chi connectivity index (χ4n) is 1.95. The van der Waals surface area contributed by atoms with Crippen LogP contribution in [0.1, 0.15) is 15.9 Å². The molecular weight excluding hydrogens is 262 g/mol. The van der Waals surface area contributed by atoms with Gasteiger partial charge in [-0.3, -0.25) is 4.79 Å². The van der Waals surface area contributed by atoms with E-state index in [-0.39, 0.29) is 32.2 Å². The number of ether oxygens (including phenoxy) is 2. The summed E-state index contributed by atoms with van der Waals surface area (Å²) in [4.78, 5) is 13.7. The van der Waals surface area contributed by atoms with Gasteiger partial charge in [0.15, 0.2) is 0 Å². The minimum Gasteiger partial charge on any atom is -0.496 e. The van der Waals surface area contributed by atoms with Crippen LogP contribution in [0.4, 0.5) is 0 Å². The van der Waals surface area contributed by atoms with Crippen molar-refractivity contribution in [1.29, 1.82) is 0 Å². The Bertz CT molecular complexity index is 430. The summed E-state index contributed by atoms with van der Waals surface area (Å²) in [5, 5.41) is 18.0. The standard InChI is InChI=1S/C14H21NO5/c1-10-12(19-2)8-11(9-13(10)20-3)14(18)15(4-6-16)5-7-17/h8-9,16-17H,4-7H2,1-3H3. The van der Waals surface area contributed by atoms with Crippen molar-refractivity contribution < 1.29 is 24.5 Å². The molecule has 1 aromatic carbocycles. The van der Waals surface area contributed by atoms with E-state index in [0.717, 1.165) is 5.56 Å². The Hall–Kier alpha value is -1.79. The number of amides is 1. The van der Waals surface area contributed by atoms with E-state index >= 15 is 0 Å². The van der Waals surface area contributed by atoms with Crippen molar-refractivity contribution in [2.75, 3.05) is 40.5 Å². The van der Waals surface area contributed by atoms with Crippen LogP contribution in [0.3, 0.4) is 0 Å². The normalized spacial score (nSPS) is 10.2.